The third kappa shape index (κ3) is 3.23. The third-order valence-electron chi connectivity index (χ3n) is 6.64. The summed E-state index contributed by atoms with van der Waals surface area (Å²) < 4.78 is 0. The second kappa shape index (κ2) is 7.06. The highest BCUT2D eigenvalue weighted by molar-refractivity contribution is 7.16. The van der Waals surface area contributed by atoms with Gasteiger partial charge in [-0.1, -0.05) is 19.3 Å². The number of nitrogens with zero attached hydrogens (tertiary/aromatic N) is 5. The van der Waals surface area contributed by atoms with Crippen LogP contribution >= 0.6 is 11.3 Å². The molecule has 2 aliphatic heterocycles. The first-order valence-electron chi connectivity index (χ1n) is 10.5. The Morgan fingerprint density at radius 3 is 2.52 bits per heavy atom. The van der Waals surface area contributed by atoms with Crippen LogP contribution in [0.4, 0.5) is 5.13 Å². The first kappa shape index (κ1) is 17.4. The number of hydrogen-bond acceptors (Lipinski definition) is 6. The van der Waals surface area contributed by atoms with Crippen molar-refractivity contribution in [2.24, 2.45) is 0 Å². The summed E-state index contributed by atoms with van der Waals surface area (Å²) in [5, 5.41) is 10.1. The molecule has 4 aliphatic rings. The normalized spacial score (nSPS) is 27.5. The molecular weight excluding hydrogens is 358 g/mol. The maximum Gasteiger partial charge on any atom is 0.248 e. The van der Waals surface area contributed by atoms with Crippen LogP contribution in [-0.4, -0.2) is 59.5 Å². The molecule has 6 nitrogen and oxygen atoms in total. The summed E-state index contributed by atoms with van der Waals surface area (Å²) in [4.78, 5) is 25.6. The molecule has 0 bridgehead atoms. The van der Waals surface area contributed by atoms with Crippen LogP contribution in [-0.2, 0) is 4.79 Å². The SMILES string of the molecule is N#CN1CCN2CCN(c3nc(C4CC4)c(C4CCCCC4)s3)C(=O)C2C1. The van der Waals surface area contributed by atoms with E-state index in [0.29, 0.717) is 18.4 Å². The molecule has 1 atom stereocenters. The molecule has 27 heavy (non-hydrogen) atoms. The fourth-order valence-corrected chi connectivity index (χ4v) is 6.23. The summed E-state index contributed by atoms with van der Waals surface area (Å²) in [7, 11) is 0. The van der Waals surface area contributed by atoms with Crippen molar-refractivity contribution < 1.29 is 4.79 Å². The average Bonchev–Trinajstić information content (AvgIpc) is 3.47. The monoisotopic (exact) mass is 385 g/mol. The van der Waals surface area contributed by atoms with Gasteiger partial charge in [-0.25, -0.2) is 4.98 Å². The van der Waals surface area contributed by atoms with Gasteiger partial charge in [0.15, 0.2) is 11.3 Å². The van der Waals surface area contributed by atoms with Crippen LogP contribution < -0.4 is 4.90 Å². The lowest BCUT2D eigenvalue weighted by Gasteiger charge is -2.44. The van der Waals surface area contributed by atoms with E-state index in [4.69, 9.17) is 4.98 Å². The van der Waals surface area contributed by atoms with Crippen LogP contribution in [0.25, 0.3) is 0 Å². The summed E-state index contributed by atoms with van der Waals surface area (Å²) >= 11 is 1.79. The minimum absolute atomic E-state index is 0.132. The number of nitriles is 1. The highest BCUT2D eigenvalue weighted by Crippen LogP contribution is 2.49. The molecule has 144 valence electrons. The van der Waals surface area contributed by atoms with E-state index in [2.05, 4.69) is 11.1 Å². The predicted octanol–water partition coefficient (Wildman–Crippen LogP) is 2.88. The van der Waals surface area contributed by atoms with Crippen LogP contribution in [0.5, 0.6) is 0 Å². The van der Waals surface area contributed by atoms with E-state index in [1.807, 2.05) is 4.90 Å². The van der Waals surface area contributed by atoms with Crippen molar-refractivity contribution in [3.63, 3.8) is 0 Å². The number of hydrogen-bond donors (Lipinski definition) is 0. The summed E-state index contributed by atoms with van der Waals surface area (Å²) in [5.74, 6) is 1.42. The zero-order valence-corrected chi connectivity index (χ0v) is 16.6. The highest BCUT2D eigenvalue weighted by Gasteiger charge is 2.41. The molecule has 7 heteroatoms. The van der Waals surface area contributed by atoms with Gasteiger partial charge in [-0.15, -0.1) is 11.3 Å². The first-order chi connectivity index (χ1) is 13.2. The van der Waals surface area contributed by atoms with Gasteiger partial charge in [0.1, 0.15) is 6.04 Å². The lowest BCUT2D eigenvalue weighted by atomic mass is 9.87. The highest BCUT2D eigenvalue weighted by atomic mass is 32.1. The lowest BCUT2D eigenvalue weighted by molar-refractivity contribution is -0.127. The van der Waals surface area contributed by atoms with E-state index in [9.17, 15) is 10.1 Å². The van der Waals surface area contributed by atoms with E-state index in [1.54, 1.807) is 16.2 Å². The molecule has 1 amide bonds. The molecule has 2 saturated heterocycles. The zero-order valence-electron chi connectivity index (χ0n) is 15.8. The minimum atomic E-state index is -0.196. The van der Waals surface area contributed by atoms with Crippen LogP contribution in [0.15, 0.2) is 0 Å². The first-order valence-corrected chi connectivity index (χ1v) is 11.3. The Hall–Kier alpha value is -1.65. The van der Waals surface area contributed by atoms with Crippen LogP contribution in [0.3, 0.4) is 0 Å². The number of anilines is 1. The van der Waals surface area contributed by atoms with Crippen molar-refractivity contribution >= 4 is 22.4 Å². The van der Waals surface area contributed by atoms with E-state index in [0.717, 1.165) is 31.3 Å². The fourth-order valence-electron chi connectivity index (χ4n) is 4.88. The van der Waals surface area contributed by atoms with Crippen LogP contribution in [0.2, 0.25) is 0 Å². The topological polar surface area (TPSA) is 63.5 Å². The lowest BCUT2D eigenvalue weighted by Crippen LogP contribution is -2.64. The summed E-state index contributed by atoms with van der Waals surface area (Å²) in [6, 6.07) is -0.196. The van der Waals surface area contributed by atoms with Gasteiger partial charge in [-0.3, -0.25) is 14.6 Å². The quantitative estimate of drug-likeness (QED) is 0.749. The molecule has 3 heterocycles. The van der Waals surface area contributed by atoms with Gasteiger partial charge in [0.25, 0.3) is 0 Å². The second-order valence-electron chi connectivity index (χ2n) is 8.44. The number of piperazine rings is 2. The molecular formula is C20H27N5OS. The van der Waals surface area contributed by atoms with Gasteiger partial charge in [-0.05, 0) is 31.6 Å². The van der Waals surface area contributed by atoms with E-state index in [-0.39, 0.29) is 11.9 Å². The van der Waals surface area contributed by atoms with Crippen molar-refractivity contribution in [3.05, 3.63) is 10.6 Å². The molecule has 0 radical (unpaired) electrons. The smallest absolute Gasteiger partial charge is 0.248 e. The van der Waals surface area contributed by atoms with Gasteiger partial charge in [0.05, 0.1) is 12.2 Å². The summed E-state index contributed by atoms with van der Waals surface area (Å²) in [5.41, 5.74) is 1.31. The molecule has 2 aliphatic carbocycles. The van der Waals surface area contributed by atoms with Gasteiger partial charge in [-0.2, -0.15) is 5.26 Å². The molecule has 0 N–H and O–H groups in total. The standard InChI is InChI=1S/C20H27N5OS/c21-13-23-8-9-24-10-11-25(19(26)16(24)12-23)20-22-17(14-6-7-14)18(27-20)15-4-2-1-3-5-15/h14-16H,1-12H2. The number of carbonyl (C=O) groups excluding carboxylic acids is 1. The number of carbonyl (C=O) groups is 1. The molecule has 1 aromatic heterocycles. The van der Waals surface area contributed by atoms with Crippen molar-refractivity contribution in [2.45, 2.75) is 62.8 Å². The van der Waals surface area contributed by atoms with Gasteiger partial charge < -0.3 is 4.90 Å². The molecule has 1 unspecified atom stereocenters. The minimum Gasteiger partial charge on any atom is -0.307 e. The number of fused-ring (bicyclic) bond motifs is 1. The predicted molar refractivity (Wildman–Crippen MR) is 105 cm³/mol. The molecule has 1 aromatic rings. The number of rotatable bonds is 3. The van der Waals surface area contributed by atoms with Gasteiger partial charge in [0.2, 0.25) is 5.91 Å². The Morgan fingerprint density at radius 1 is 1.00 bits per heavy atom. The van der Waals surface area contributed by atoms with Crippen LogP contribution in [0, 0.1) is 11.5 Å². The summed E-state index contributed by atoms with van der Waals surface area (Å²) in [6.45, 7) is 3.66. The van der Waals surface area contributed by atoms with Gasteiger partial charge in [0, 0.05) is 37.0 Å². The Balaban J connectivity index is 1.41. The molecule has 2 saturated carbocycles. The second-order valence-corrected chi connectivity index (χ2v) is 9.45. The maximum atomic E-state index is 13.2. The maximum absolute atomic E-state index is 13.2. The van der Waals surface area contributed by atoms with Gasteiger partial charge >= 0.3 is 0 Å². The van der Waals surface area contributed by atoms with E-state index < -0.39 is 0 Å². The molecule has 5 rings (SSSR count). The van der Waals surface area contributed by atoms with Crippen LogP contribution in [0.1, 0.15) is 67.4 Å². The zero-order chi connectivity index (χ0) is 18.4. The third-order valence-corrected chi connectivity index (χ3v) is 7.89. The largest absolute Gasteiger partial charge is 0.307 e. The Bertz CT molecular complexity index is 761. The van der Waals surface area contributed by atoms with Crippen molar-refractivity contribution in [3.8, 4) is 6.19 Å². The van der Waals surface area contributed by atoms with E-state index >= 15 is 0 Å². The number of aromatic nitrogens is 1. The van der Waals surface area contributed by atoms with Crippen molar-refractivity contribution in [2.75, 3.05) is 37.6 Å². The summed E-state index contributed by atoms with van der Waals surface area (Å²) in [6.07, 6.45) is 11.3. The van der Waals surface area contributed by atoms with Crippen molar-refractivity contribution in [1.82, 2.24) is 14.8 Å². The molecule has 4 fully saturated rings. The Kier molecular flexibility index (Phi) is 4.57. The fraction of sp³-hybridized carbons (Fsp3) is 0.750. The van der Waals surface area contributed by atoms with E-state index in [1.165, 1.54) is 55.5 Å². The molecule has 0 spiro atoms. The Morgan fingerprint density at radius 2 is 1.78 bits per heavy atom. The number of amides is 1. The molecule has 0 aromatic carbocycles. The number of thiazole rings is 1. The average molecular weight is 386 g/mol. The van der Waals surface area contributed by atoms with Crippen molar-refractivity contribution in [1.29, 1.82) is 5.26 Å². The Labute approximate surface area is 164 Å².